The average molecular weight is 301 g/mol. The number of sulfonamides is 1. The fourth-order valence-corrected chi connectivity index (χ4v) is 3.02. The molecule has 0 bridgehead atoms. The summed E-state index contributed by atoms with van der Waals surface area (Å²) >= 11 is 0. The average Bonchev–Trinajstić information content (AvgIpc) is 2.53. The highest BCUT2D eigenvalue weighted by molar-refractivity contribution is 7.89. The molecule has 0 amide bonds. The van der Waals surface area contributed by atoms with Crippen LogP contribution >= 0.6 is 0 Å². The van der Waals surface area contributed by atoms with Gasteiger partial charge in [-0.1, -0.05) is 30.3 Å². The minimum absolute atomic E-state index is 0.0674. The highest BCUT2D eigenvalue weighted by Gasteiger charge is 2.18. The molecule has 0 saturated heterocycles. The summed E-state index contributed by atoms with van der Waals surface area (Å²) in [4.78, 5) is 3.88. The number of rotatable bonds is 6. The quantitative estimate of drug-likeness (QED) is 0.882. The summed E-state index contributed by atoms with van der Waals surface area (Å²) in [5, 5.41) is 9.14. The van der Waals surface area contributed by atoms with E-state index in [4.69, 9.17) is 5.26 Å². The van der Waals surface area contributed by atoms with Gasteiger partial charge in [0, 0.05) is 12.4 Å². The van der Waals surface area contributed by atoms with E-state index in [9.17, 15) is 8.42 Å². The van der Waals surface area contributed by atoms with Gasteiger partial charge in [0.05, 0.1) is 11.8 Å². The summed E-state index contributed by atoms with van der Waals surface area (Å²) < 4.78 is 26.6. The Morgan fingerprint density at radius 1 is 1.14 bits per heavy atom. The smallest absolute Gasteiger partial charge is 0.213 e. The lowest BCUT2D eigenvalue weighted by molar-refractivity contribution is 0.574. The van der Waals surface area contributed by atoms with E-state index in [1.807, 2.05) is 12.1 Å². The van der Waals surface area contributed by atoms with Crippen molar-refractivity contribution in [3.05, 3.63) is 66.0 Å². The lowest BCUT2D eigenvalue weighted by Crippen LogP contribution is -2.30. The topological polar surface area (TPSA) is 82.9 Å². The predicted octanol–water partition coefficient (Wildman–Crippen LogP) is 1.81. The first kappa shape index (κ1) is 15.2. The molecule has 108 valence electrons. The van der Waals surface area contributed by atoms with E-state index >= 15 is 0 Å². The van der Waals surface area contributed by atoms with Crippen LogP contribution in [-0.2, 0) is 16.4 Å². The molecule has 0 aliphatic heterocycles. The SMILES string of the molecule is N#CC(NS(=O)(=O)CCc1ccncc1)c1ccccc1. The van der Waals surface area contributed by atoms with Gasteiger partial charge in [-0.2, -0.15) is 9.98 Å². The summed E-state index contributed by atoms with van der Waals surface area (Å²) in [6.45, 7) is 0. The van der Waals surface area contributed by atoms with Crippen molar-refractivity contribution in [2.75, 3.05) is 5.75 Å². The third-order valence-electron chi connectivity index (χ3n) is 2.97. The zero-order valence-corrected chi connectivity index (χ0v) is 12.1. The maximum Gasteiger partial charge on any atom is 0.213 e. The van der Waals surface area contributed by atoms with Gasteiger partial charge >= 0.3 is 0 Å². The van der Waals surface area contributed by atoms with E-state index in [2.05, 4.69) is 9.71 Å². The second kappa shape index (κ2) is 6.97. The molecule has 6 heteroatoms. The molecule has 0 aliphatic carbocycles. The summed E-state index contributed by atoms with van der Waals surface area (Å²) in [5.41, 5.74) is 1.52. The van der Waals surface area contributed by atoms with Crippen LogP contribution in [0.15, 0.2) is 54.9 Å². The van der Waals surface area contributed by atoms with E-state index in [-0.39, 0.29) is 5.75 Å². The third-order valence-corrected chi connectivity index (χ3v) is 4.30. The Morgan fingerprint density at radius 2 is 1.81 bits per heavy atom. The summed E-state index contributed by atoms with van der Waals surface area (Å²) in [6, 6.07) is 13.4. The van der Waals surface area contributed by atoms with E-state index in [1.54, 1.807) is 48.8 Å². The highest BCUT2D eigenvalue weighted by Crippen LogP contribution is 2.13. The second-order valence-electron chi connectivity index (χ2n) is 4.51. The Hall–Kier alpha value is -2.23. The molecule has 0 fully saturated rings. The number of nitrogens with one attached hydrogen (secondary N) is 1. The van der Waals surface area contributed by atoms with Gasteiger partial charge in [0.2, 0.25) is 10.0 Å². The van der Waals surface area contributed by atoms with E-state index in [1.165, 1.54) is 0 Å². The molecule has 1 atom stereocenters. The van der Waals surface area contributed by atoms with Crippen molar-refractivity contribution in [3.63, 3.8) is 0 Å². The van der Waals surface area contributed by atoms with Crippen LogP contribution in [0, 0.1) is 11.3 Å². The summed E-state index contributed by atoms with van der Waals surface area (Å²) in [5.74, 6) is -0.0674. The number of benzene rings is 1. The molecule has 2 aromatic rings. The molecule has 0 aliphatic rings. The van der Waals surface area contributed by atoms with E-state index in [0.29, 0.717) is 12.0 Å². The van der Waals surface area contributed by atoms with E-state index < -0.39 is 16.1 Å². The number of pyridine rings is 1. The van der Waals surface area contributed by atoms with Gasteiger partial charge in [-0.05, 0) is 29.7 Å². The molecule has 1 heterocycles. The monoisotopic (exact) mass is 301 g/mol. The number of nitrogens with zero attached hydrogens (tertiary/aromatic N) is 2. The maximum absolute atomic E-state index is 12.1. The molecular formula is C15H15N3O2S. The number of hydrogen-bond donors (Lipinski definition) is 1. The summed E-state index contributed by atoms with van der Waals surface area (Å²) in [6.07, 6.45) is 3.62. The van der Waals surface area contributed by atoms with Gasteiger partial charge in [0.1, 0.15) is 6.04 Å². The Bertz CT molecular complexity index is 710. The van der Waals surface area contributed by atoms with Crippen molar-refractivity contribution in [1.82, 2.24) is 9.71 Å². The predicted molar refractivity (Wildman–Crippen MR) is 79.7 cm³/mol. The van der Waals surface area contributed by atoms with Gasteiger partial charge in [-0.15, -0.1) is 0 Å². The van der Waals surface area contributed by atoms with Crippen LogP contribution in [0.3, 0.4) is 0 Å². The van der Waals surface area contributed by atoms with Gasteiger partial charge < -0.3 is 0 Å². The fraction of sp³-hybridized carbons (Fsp3) is 0.200. The molecule has 5 nitrogen and oxygen atoms in total. The van der Waals surface area contributed by atoms with Crippen molar-refractivity contribution in [1.29, 1.82) is 5.26 Å². The largest absolute Gasteiger partial charge is 0.265 e. The molecule has 0 spiro atoms. The molecule has 1 aromatic heterocycles. The molecule has 2 rings (SSSR count). The molecule has 0 radical (unpaired) electrons. The molecule has 1 aromatic carbocycles. The van der Waals surface area contributed by atoms with Gasteiger partial charge in [0.25, 0.3) is 0 Å². The third kappa shape index (κ3) is 4.67. The first-order valence-corrected chi connectivity index (χ1v) is 8.09. The second-order valence-corrected chi connectivity index (χ2v) is 6.39. The zero-order chi connectivity index (χ0) is 15.1. The highest BCUT2D eigenvalue weighted by atomic mass is 32.2. The maximum atomic E-state index is 12.1. The fourth-order valence-electron chi connectivity index (χ4n) is 1.85. The Morgan fingerprint density at radius 3 is 2.43 bits per heavy atom. The zero-order valence-electron chi connectivity index (χ0n) is 11.3. The van der Waals surface area contributed by atoms with Crippen LogP contribution in [0.25, 0.3) is 0 Å². The van der Waals surface area contributed by atoms with Crippen molar-refractivity contribution in [2.45, 2.75) is 12.5 Å². The minimum atomic E-state index is -3.53. The van der Waals surface area contributed by atoms with Crippen molar-refractivity contribution in [3.8, 4) is 6.07 Å². The van der Waals surface area contributed by atoms with E-state index in [0.717, 1.165) is 5.56 Å². The summed E-state index contributed by atoms with van der Waals surface area (Å²) in [7, 11) is -3.53. The number of hydrogen-bond acceptors (Lipinski definition) is 4. The van der Waals surface area contributed by atoms with Crippen LogP contribution in [0.2, 0.25) is 0 Å². The van der Waals surface area contributed by atoms with Crippen molar-refractivity contribution >= 4 is 10.0 Å². The van der Waals surface area contributed by atoms with Crippen LogP contribution in [0.1, 0.15) is 17.2 Å². The van der Waals surface area contributed by atoms with Crippen LogP contribution < -0.4 is 4.72 Å². The number of aromatic nitrogens is 1. The molecule has 1 unspecified atom stereocenters. The Balaban J connectivity index is 2.01. The Labute approximate surface area is 124 Å². The molecule has 1 N–H and O–H groups in total. The first-order chi connectivity index (χ1) is 10.1. The van der Waals surface area contributed by atoms with Crippen LogP contribution in [0.4, 0.5) is 0 Å². The van der Waals surface area contributed by atoms with Gasteiger partial charge in [0.15, 0.2) is 0 Å². The minimum Gasteiger partial charge on any atom is -0.265 e. The molecule has 21 heavy (non-hydrogen) atoms. The normalized spacial score (nSPS) is 12.5. The first-order valence-electron chi connectivity index (χ1n) is 6.44. The van der Waals surface area contributed by atoms with Crippen molar-refractivity contribution < 1.29 is 8.42 Å². The Kier molecular flexibility index (Phi) is 5.04. The van der Waals surface area contributed by atoms with Gasteiger partial charge in [-0.25, -0.2) is 8.42 Å². The van der Waals surface area contributed by atoms with Gasteiger partial charge in [-0.3, -0.25) is 4.98 Å². The molecule has 0 saturated carbocycles. The molecular weight excluding hydrogens is 286 g/mol. The van der Waals surface area contributed by atoms with Crippen molar-refractivity contribution in [2.24, 2.45) is 0 Å². The van der Waals surface area contributed by atoms with Crippen LogP contribution in [0.5, 0.6) is 0 Å². The standard InChI is InChI=1S/C15H15N3O2S/c16-12-15(14-4-2-1-3-5-14)18-21(19,20)11-8-13-6-9-17-10-7-13/h1-7,9-10,15,18H,8,11H2. The number of nitriles is 1. The van der Waals surface area contributed by atoms with Crippen LogP contribution in [-0.4, -0.2) is 19.2 Å². The number of aryl methyl sites for hydroxylation is 1. The lowest BCUT2D eigenvalue weighted by Gasteiger charge is -2.12. The lowest BCUT2D eigenvalue weighted by atomic mass is 10.1.